The Balaban J connectivity index is 2.60. The SMILES string of the molecule is CCCN(CCO)Cc1ccc(C(=O)OC)o1. The molecule has 0 aliphatic carbocycles. The van der Waals surface area contributed by atoms with Crippen molar-refractivity contribution in [3.8, 4) is 0 Å². The quantitative estimate of drug-likeness (QED) is 0.728. The van der Waals surface area contributed by atoms with Gasteiger partial charge in [0.05, 0.1) is 20.3 Å². The summed E-state index contributed by atoms with van der Waals surface area (Å²) in [6.07, 6.45) is 1.00. The highest BCUT2D eigenvalue weighted by Gasteiger charge is 2.13. The molecule has 5 heteroatoms. The number of methoxy groups -OCH3 is 1. The Morgan fingerprint density at radius 2 is 2.24 bits per heavy atom. The number of carbonyl (C=O) groups is 1. The van der Waals surface area contributed by atoms with Crippen molar-refractivity contribution < 1.29 is 19.1 Å². The van der Waals surface area contributed by atoms with Crippen LogP contribution < -0.4 is 0 Å². The van der Waals surface area contributed by atoms with Gasteiger partial charge in [0.15, 0.2) is 0 Å². The van der Waals surface area contributed by atoms with Gasteiger partial charge in [-0.25, -0.2) is 4.79 Å². The van der Waals surface area contributed by atoms with E-state index in [1.807, 2.05) is 0 Å². The van der Waals surface area contributed by atoms with E-state index in [2.05, 4.69) is 16.6 Å². The molecule has 0 spiro atoms. The highest BCUT2D eigenvalue weighted by Crippen LogP contribution is 2.11. The van der Waals surface area contributed by atoms with Crippen molar-refractivity contribution in [3.05, 3.63) is 23.7 Å². The number of carbonyl (C=O) groups excluding carboxylic acids is 1. The Kier molecular flexibility index (Phi) is 5.72. The maximum absolute atomic E-state index is 11.2. The molecule has 1 rings (SSSR count). The normalized spacial score (nSPS) is 10.8. The van der Waals surface area contributed by atoms with Gasteiger partial charge in [0.2, 0.25) is 5.76 Å². The van der Waals surface area contributed by atoms with Gasteiger partial charge in [-0.15, -0.1) is 0 Å². The van der Waals surface area contributed by atoms with Crippen molar-refractivity contribution >= 4 is 5.97 Å². The molecule has 0 saturated carbocycles. The number of nitrogens with zero attached hydrogens (tertiary/aromatic N) is 1. The van der Waals surface area contributed by atoms with Gasteiger partial charge in [0.1, 0.15) is 5.76 Å². The molecule has 0 atom stereocenters. The van der Waals surface area contributed by atoms with Crippen LogP contribution in [0.3, 0.4) is 0 Å². The van der Waals surface area contributed by atoms with Gasteiger partial charge >= 0.3 is 5.97 Å². The summed E-state index contributed by atoms with van der Waals surface area (Å²) in [4.78, 5) is 13.3. The Labute approximate surface area is 101 Å². The Morgan fingerprint density at radius 3 is 2.82 bits per heavy atom. The molecule has 0 aliphatic rings. The van der Waals surface area contributed by atoms with Gasteiger partial charge in [0.25, 0.3) is 0 Å². The van der Waals surface area contributed by atoms with E-state index in [1.54, 1.807) is 12.1 Å². The molecule has 0 radical (unpaired) electrons. The second-order valence-corrected chi connectivity index (χ2v) is 3.76. The zero-order valence-electron chi connectivity index (χ0n) is 10.3. The molecule has 5 nitrogen and oxygen atoms in total. The van der Waals surface area contributed by atoms with Crippen molar-refractivity contribution in [2.75, 3.05) is 26.8 Å². The van der Waals surface area contributed by atoms with Crippen LogP contribution in [0.2, 0.25) is 0 Å². The Bertz CT molecular complexity index is 342. The molecule has 0 saturated heterocycles. The number of esters is 1. The second-order valence-electron chi connectivity index (χ2n) is 3.76. The van der Waals surface area contributed by atoms with Crippen LogP contribution in [-0.4, -0.2) is 42.8 Å². The number of aliphatic hydroxyl groups excluding tert-OH is 1. The first kappa shape index (κ1) is 13.7. The third-order valence-electron chi connectivity index (χ3n) is 2.38. The number of ether oxygens (including phenoxy) is 1. The summed E-state index contributed by atoms with van der Waals surface area (Å²) >= 11 is 0. The lowest BCUT2D eigenvalue weighted by atomic mass is 10.3. The molecule has 0 amide bonds. The minimum atomic E-state index is -0.472. The van der Waals surface area contributed by atoms with E-state index < -0.39 is 5.97 Å². The van der Waals surface area contributed by atoms with E-state index in [0.29, 0.717) is 18.8 Å². The number of rotatable bonds is 7. The van der Waals surface area contributed by atoms with Gasteiger partial charge in [-0.2, -0.15) is 0 Å². The van der Waals surface area contributed by atoms with Crippen LogP contribution in [-0.2, 0) is 11.3 Å². The van der Waals surface area contributed by atoms with E-state index in [4.69, 9.17) is 9.52 Å². The molecule has 1 N–H and O–H groups in total. The average Bonchev–Trinajstić information content (AvgIpc) is 2.77. The van der Waals surface area contributed by atoms with Gasteiger partial charge in [0, 0.05) is 6.54 Å². The predicted molar refractivity (Wildman–Crippen MR) is 62.7 cm³/mol. The number of aliphatic hydroxyl groups is 1. The third kappa shape index (κ3) is 4.20. The van der Waals surface area contributed by atoms with Crippen LogP contribution in [0.5, 0.6) is 0 Å². The fourth-order valence-electron chi connectivity index (χ4n) is 1.62. The predicted octanol–water partition coefficient (Wildman–Crippen LogP) is 1.27. The first-order valence-corrected chi connectivity index (χ1v) is 5.71. The Hall–Kier alpha value is -1.33. The highest BCUT2D eigenvalue weighted by molar-refractivity contribution is 5.86. The molecule has 1 aromatic rings. The van der Waals surface area contributed by atoms with Crippen molar-refractivity contribution in [1.82, 2.24) is 4.90 Å². The molecule has 0 fully saturated rings. The summed E-state index contributed by atoms with van der Waals surface area (Å²) in [5, 5.41) is 8.93. The fraction of sp³-hybridized carbons (Fsp3) is 0.583. The molecular formula is C12H19NO4. The van der Waals surface area contributed by atoms with E-state index in [0.717, 1.165) is 13.0 Å². The first-order valence-electron chi connectivity index (χ1n) is 5.71. The van der Waals surface area contributed by atoms with Gasteiger partial charge in [-0.05, 0) is 25.1 Å². The molecule has 0 bridgehead atoms. The van der Waals surface area contributed by atoms with Crippen molar-refractivity contribution in [3.63, 3.8) is 0 Å². The standard InChI is InChI=1S/C12H19NO4/c1-3-6-13(7-8-14)9-10-4-5-11(17-10)12(15)16-2/h4-5,14H,3,6-9H2,1-2H3. The largest absolute Gasteiger partial charge is 0.463 e. The molecular weight excluding hydrogens is 222 g/mol. The van der Waals surface area contributed by atoms with E-state index in [-0.39, 0.29) is 12.4 Å². The highest BCUT2D eigenvalue weighted by atomic mass is 16.5. The maximum Gasteiger partial charge on any atom is 0.373 e. The molecule has 96 valence electrons. The smallest absolute Gasteiger partial charge is 0.373 e. The summed E-state index contributed by atoms with van der Waals surface area (Å²) in [5.41, 5.74) is 0. The third-order valence-corrected chi connectivity index (χ3v) is 2.38. The summed E-state index contributed by atoms with van der Waals surface area (Å²) in [6.45, 7) is 4.26. The van der Waals surface area contributed by atoms with Gasteiger partial charge < -0.3 is 14.3 Å². The van der Waals surface area contributed by atoms with Crippen LogP contribution in [0, 0.1) is 0 Å². The van der Waals surface area contributed by atoms with Crippen molar-refractivity contribution in [1.29, 1.82) is 0 Å². The number of furan rings is 1. The summed E-state index contributed by atoms with van der Waals surface area (Å²) in [5.74, 6) is 0.440. The Morgan fingerprint density at radius 1 is 1.47 bits per heavy atom. The first-order chi connectivity index (χ1) is 8.21. The molecule has 0 unspecified atom stereocenters. The zero-order chi connectivity index (χ0) is 12.7. The van der Waals surface area contributed by atoms with Crippen LogP contribution in [0.4, 0.5) is 0 Å². The van der Waals surface area contributed by atoms with Crippen LogP contribution in [0.25, 0.3) is 0 Å². The summed E-state index contributed by atoms with van der Waals surface area (Å²) < 4.78 is 9.92. The topological polar surface area (TPSA) is 62.9 Å². The number of hydrogen-bond acceptors (Lipinski definition) is 5. The van der Waals surface area contributed by atoms with Crippen LogP contribution in [0.15, 0.2) is 16.5 Å². The fourth-order valence-corrected chi connectivity index (χ4v) is 1.62. The van der Waals surface area contributed by atoms with Crippen molar-refractivity contribution in [2.24, 2.45) is 0 Å². The van der Waals surface area contributed by atoms with Crippen LogP contribution >= 0.6 is 0 Å². The van der Waals surface area contributed by atoms with E-state index >= 15 is 0 Å². The zero-order valence-corrected chi connectivity index (χ0v) is 10.3. The lowest BCUT2D eigenvalue weighted by Crippen LogP contribution is -2.27. The summed E-state index contributed by atoms with van der Waals surface area (Å²) in [6, 6.07) is 3.36. The molecule has 0 aliphatic heterocycles. The van der Waals surface area contributed by atoms with Crippen molar-refractivity contribution in [2.45, 2.75) is 19.9 Å². The monoisotopic (exact) mass is 241 g/mol. The molecule has 0 aromatic carbocycles. The van der Waals surface area contributed by atoms with E-state index in [9.17, 15) is 4.79 Å². The van der Waals surface area contributed by atoms with E-state index in [1.165, 1.54) is 7.11 Å². The lowest BCUT2D eigenvalue weighted by Gasteiger charge is -2.18. The molecule has 17 heavy (non-hydrogen) atoms. The molecule has 1 heterocycles. The lowest BCUT2D eigenvalue weighted by molar-refractivity contribution is 0.0560. The molecule has 1 aromatic heterocycles. The maximum atomic E-state index is 11.2. The minimum Gasteiger partial charge on any atom is -0.463 e. The number of hydrogen-bond donors (Lipinski definition) is 1. The second kappa shape index (κ2) is 7.09. The summed E-state index contributed by atoms with van der Waals surface area (Å²) in [7, 11) is 1.32. The minimum absolute atomic E-state index is 0.116. The van der Waals surface area contributed by atoms with Crippen LogP contribution in [0.1, 0.15) is 29.7 Å². The average molecular weight is 241 g/mol. The van der Waals surface area contributed by atoms with Gasteiger partial charge in [-0.1, -0.05) is 6.92 Å². The van der Waals surface area contributed by atoms with Gasteiger partial charge in [-0.3, -0.25) is 4.90 Å².